The van der Waals surface area contributed by atoms with E-state index in [-0.39, 0.29) is 30.6 Å². The first kappa shape index (κ1) is 25.9. The van der Waals surface area contributed by atoms with Crippen molar-refractivity contribution in [3.63, 3.8) is 0 Å². The Morgan fingerprint density at radius 2 is 1.86 bits per heavy atom. The van der Waals surface area contributed by atoms with Gasteiger partial charge in [0.25, 0.3) is 0 Å². The van der Waals surface area contributed by atoms with E-state index < -0.39 is 41.8 Å². The summed E-state index contributed by atoms with van der Waals surface area (Å²) in [5.41, 5.74) is 0.411. The number of hydrogen-bond donors (Lipinski definition) is 1. The number of nitrogens with one attached hydrogen (secondary N) is 1. The molecular weight excluding hydrogens is 470 g/mol. The molecule has 3 rings (SSSR count). The molecular formula is C23H23F4N5O3. The highest BCUT2D eigenvalue weighted by molar-refractivity contribution is 5.87. The van der Waals surface area contributed by atoms with Crippen LogP contribution < -0.4 is 5.32 Å². The largest absolute Gasteiger partial charge is 0.451 e. The fourth-order valence-electron chi connectivity index (χ4n) is 3.52. The average molecular weight is 493 g/mol. The van der Waals surface area contributed by atoms with Crippen LogP contribution in [0.25, 0.3) is 11.1 Å². The molecule has 1 aliphatic rings. The lowest BCUT2D eigenvalue weighted by atomic mass is 10.0. The van der Waals surface area contributed by atoms with Gasteiger partial charge in [-0.2, -0.15) is 18.4 Å². The number of amides is 2. The molecule has 8 nitrogen and oxygen atoms in total. The van der Waals surface area contributed by atoms with E-state index in [0.29, 0.717) is 11.1 Å². The number of nitriles is 1. The van der Waals surface area contributed by atoms with Crippen LogP contribution in [0.15, 0.2) is 30.6 Å². The fraction of sp³-hybridized carbons (Fsp3) is 0.435. The summed E-state index contributed by atoms with van der Waals surface area (Å²) < 4.78 is 57.9. The summed E-state index contributed by atoms with van der Waals surface area (Å²) >= 11 is 0. The van der Waals surface area contributed by atoms with Gasteiger partial charge in [-0.25, -0.2) is 19.2 Å². The van der Waals surface area contributed by atoms with Crippen LogP contribution in [0.1, 0.15) is 44.1 Å². The van der Waals surface area contributed by atoms with Gasteiger partial charge in [0.2, 0.25) is 11.7 Å². The van der Waals surface area contributed by atoms with Crippen LogP contribution in [0.2, 0.25) is 0 Å². The monoisotopic (exact) mass is 493 g/mol. The number of halogens is 4. The summed E-state index contributed by atoms with van der Waals surface area (Å²) in [5, 5.41) is 11.9. The molecule has 186 valence electrons. The zero-order chi connectivity index (χ0) is 26.0. The van der Waals surface area contributed by atoms with Gasteiger partial charge in [0.1, 0.15) is 17.8 Å². The number of likely N-dealkylation sites (tertiary alicyclic amines) is 1. The lowest BCUT2D eigenvalue weighted by Crippen LogP contribution is -2.50. The summed E-state index contributed by atoms with van der Waals surface area (Å²) in [6.07, 6.45) is -5.09. The second kappa shape index (κ2) is 9.85. The Morgan fingerprint density at radius 3 is 2.43 bits per heavy atom. The van der Waals surface area contributed by atoms with Crippen molar-refractivity contribution in [2.75, 3.05) is 6.54 Å². The van der Waals surface area contributed by atoms with Gasteiger partial charge in [0.05, 0.1) is 11.6 Å². The smallest absolute Gasteiger partial charge is 0.444 e. The van der Waals surface area contributed by atoms with Crippen molar-refractivity contribution in [3.05, 3.63) is 47.5 Å². The molecule has 2 atom stereocenters. The maximum Gasteiger partial charge on any atom is 0.451 e. The Morgan fingerprint density at radius 1 is 1.20 bits per heavy atom. The number of ether oxygens (including phenoxy) is 1. The second-order valence-corrected chi connectivity index (χ2v) is 8.92. The quantitative estimate of drug-likeness (QED) is 0.645. The Bertz CT molecular complexity index is 1140. The molecule has 0 unspecified atom stereocenters. The Kier molecular flexibility index (Phi) is 7.28. The molecule has 35 heavy (non-hydrogen) atoms. The highest BCUT2D eigenvalue weighted by Crippen LogP contribution is 2.28. The molecule has 1 N–H and O–H groups in total. The van der Waals surface area contributed by atoms with Crippen molar-refractivity contribution in [1.29, 1.82) is 5.26 Å². The van der Waals surface area contributed by atoms with Crippen molar-refractivity contribution in [1.82, 2.24) is 20.2 Å². The first-order valence-corrected chi connectivity index (χ1v) is 10.6. The SMILES string of the molecule is CC(C)(C)OC(=O)N1CC[C@H](F)[C@H]1C(=O)NCc1cc(-c2cnc(C(F)(F)F)nc2)ccc1C#N. The molecule has 1 aromatic carbocycles. The maximum absolute atomic E-state index is 14.5. The summed E-state index contributed by atoms with van der Waals surface area (Å²) in [4.78, 5) is 32.9. The predicted molar refractivity (Wildman–Crippen MR) is 115 cm³/mol. The predicted octanol–water partition coefficient (Wildman–Crippen LogP) is 4.00. The van der Waals surface area contributed by atoms with Crippen LogP contribution in [-0.4, -0.2) is 51.2 Å². The number of alkyl halides is 4. The number of aromatic nitrogens is 2. The highest BCUT2D eigenvalue weighted by atomic mass is 19.4. The number of nitrogens with zero attached hydrogens (tertiary/aromatic N) is 4. The van der Waals surface area contributed by atoms with E-state index >= 15 is 0 Å². The van der Waals surface area contributed by atoms with E-state index in [1.54, 1.807) is 20.8 Å². The molecule has 0 radical (unpaired) electrons. The van der Waals surface area contributed by atoms with Crippen molar-refractivity contribution in [2.24, 2.45) is 0 Å². The lowest BCUT2D eigenvalue weighted by Gasteiger charge is -2.28. The van der Waals surface area contributed by atoms with Crippen LogP contribution in [0.3, 0.4) is 0 Å². The lowest BCUT2D eigenvalue weighted by molar-refractivity contribution is -0.145. The van der Waals surface area contributed by atoms with E-state index in [0.717, 1.165) is 17.3 Å². The van der Waals surface area contributed by atoms with Crippen molar-refractivity contribution in [3.8, 4) is 17.2 Å². The third kappa shape index (κ3) is 6.23. The standard InChI is InChI=1S/C23H23F4N5O3/c1-22(2,3)35-21(34)32-7-6-17(24)18(32)19(33)29-10-15-8-13(4-5-14(15)9-28)16-11-30-20(31-12-16)23(25,26)27/h4-5,8,11-12,17-18H,6-7,10H2,1-3H3,(H,29,33)/t17-,18-/m0/s1. The van der Waals surface area contributed by atoms with Crippen LogP contribution in [0.5, 0.6) is 0 Å². The van der Waals surface area contributed by atoms with Crippen LogP contribution in [0, 0.1) is 11.3 Å². The molecule has 0 bridgehead atoms. The van der Waals surface area contributed by atoms with Crippen LogP contribution >= 0.6 is 0 Å². The average Bonchev–Trinajstić information content (AvgIpc) is 3.17. The molecule has 0 spiro atoms. The van der Waals surface area contributed by atoms with Gasteiger partial charge < -0.3 is 10.1 Å². The topological polar surface area (TPSA) is 108 Å². The molecule has 1 saturated heterocycles. The van der Waals surface area contributed by atoms with E-state index in [2.05, 4.69) is 15.3 Å². The Hall–Kier alpha value is -3.75. The van der Waals surface area contributed by atoms with E-state index in [1.807, 2.05) is 6.07 Å². The van der Waals surface area contributed by atoms with Gasteiger partial charge in [-0.15, -0.1) is 0 Å². The van der Waals surface area contributed by atoms with Crippen molar-refractivity contribution >= 4 is 12.0 Å². The first-order chi connectivity index (χ1) is 16.3. The summed E-state index contributed by atoms with van der Waals surface area (Å²) in [6, 6.07) is 5.03. The molecule has 0 aliphatic carbocycles. The third-order valence-corrected chi connectivity index (χ3v) is 5.14. The van der Waals surface area contributed by atoms with E-state index in [1.165, 1.54) is 18.2 Å². The number of hydrogen-bond acceptors (Lipinski definition) is 6. The third-order valence-electron chi connectivity index (χ3n) is 5.14. The minimum atomic E-state index is -4.68. The normalized spacial score (nSPS) is 18.2. The Balaban J connectivity index is 1.77. The highest BCUT2D eigenvalue weighted by Gasteiger charge is 2.43. The van der Waals surface area contributed by atoms with Gasteiger partial charge in [0, 0.05) is 31.0 Å². The fourth-order valence-corrected chi connectivity index (χ4v) is 3.52. The van der Waals surface area contributed by atoms with Crippen molar-refractivity contribution < 1.29 is 31.9 Å². The molecule has 2 aromatic rings. The molecule has 0 saturated carbocycles. The zero-order valence-electron chi connectivity index (χ0n) is 19.2. The molecule has 2 heterocycles. The molecule has 1 aromatic heterocycles. The van der Waals surface area contributed by atoms with E-state index in [4.69, 9.17) is 4.74 Å². The molecule has 12 heteroatoms. The molecule has 2 amide bonds. The van der Waals surface area contributed by atoms with Crippen molar-refractivity contribution in [2.45, 2.75) is 57.7 Å². The van der Waals surface area contributed by atoms with Crippen LogP contribution in [-0.2, 0) is 22.3 Å². The summed E-state index contributed by atoms with van der Waals surface area (Å²) in [5.74, 6) is -2.04. The minimum Gasteiger partial charge on any atom is -0.444 e. The summed E-state index contributed by atoms with van der Waals surface area (Å²) in [7, 11) is 0. The van der Waals surface area contributed by atoms with Gasteiger partial charge >= 0.3 is 12.3 Å². The van der Waals surface area contributed by atoms with Gasteiger partial charge in [0.15, 0.2) is 0 Å². The maximum atomic E-state index is 14.5. The van der Waals surface area contributed by atoms with E-state index in [9.17, 15) is 32.4 Å². The number of carbonyl (C=O) groups is 2. The number of benzene rings is 1. The van der Waals surface area contributed by atoms with Gasteiger partial charge in [-0.1, -0.05) is 6.07 Å². The number of rotatable bonds is 4. The molecule has 1 fully saturated rings. The molecule has 1 aliphatic heterocycles. The van der Waals surface area contributed by atoms with Crippen LogP contribution in [0.4, 0.5) is 22.4 Å². The summed E-state index contributed by atoms with van der Waals surface area (Å²) in [6.45, 7) is 4.80. The number of carbonyl (C=O) groups excluding carboxylic acids is 2. The first-order valence-electron chi connectivity index (χ1n) is 10.6. The Labute approximate surface area is 198 Å². The minimum absolute atomic E-state index is 0.0149. The van der Waals surface area contributed by atoms with Gasteiger partial charge in [-0.3, -0.25) is 9.69 Å². The zero-order valence-corrected chi connectivity index (χ0v) is 19.2. The van der Waals surface area contributed by atoms with Gasteiger partial charge in [-0.05, 0) is 50.5 Å². The second-order valence-electron chi connectivity index (χ2n) is 8.92.